The minimum atomic E-state index is -0.549. The maximum absolute atomic E-state index is 11.1. The number of fused-ring (bicyclic) bond motifs is 1. The molecule has 2 N–H and O–H groups in total. The average molecular weight is 429 g/mol. The second-order valence-electron chi connectivity index (χ2n) is 7.68. The molecule has 8 heteroatoms. The van der Waals surface area contributed by atoms with Crippen molar-refractivity contribution >= 4 is 22.8 Å². The Morgan fingerprint density at radius 1 is 1.25 bits per heavy atom. The van der Waals surface area contributed by atoms with Crippen LogP contribution in [0.25, 0.3) is 0 Å². The van der Waals surface area contributed by atoms with Crippen LogP contribution in [0.3, 0.4) is 0 Å². The summed E-state index contributed by atoms with van der Waals surface area (Å²) in [7, 11) is 0. The lowest BCUT2D eigenvalue weighted by Crippen LogP contribution is -2.33. The number of aliphatic imine (C=N–C) groups is 1. The molecule has 0 spiro atoms. The maximum atomic E-state index is 11.1. The number of allylic oxidation sites excluding steroid dienone is 2. The molecule has 162 valence electrons. The van der Waals surface area contributed by atoms with Crippen LogP contribution >= 0.6 is 0 Å². The van der Waals surface area contributed by atoms with E-state index in [1.807, 2.05) is 31.2 Å². The van der Waals surface area contributed by atoms with Crippen molar-refractivity contribution in [1.82, 2.24) is 0 Å². The summed E-state index contributed by atoms with van der Waals surface area (Å²) in [5.41, 5.74) is 10.3. The van der Waals surface area contributed by atoms with E-state index in [0.29, 0.717) is 23.7 Å². The number of hydrogen-bond donors (Lipinski definition) is 1. The van der Waals surface area contributed by atoms with Crippen molar-refractivity contribution in [3.63, 3.8) is 0 Å². The van der Waals surface area contributed by atoms with Crippen molar-refractivity contribution in [2.45, 2.75) is 32.6 Å². The zero-order chi connectivity index (χ0) is 22.8. The summed E-state index contributed by atoms with van der Waals surface area (Å²) < 4.78 is 6.08. The van der Waals surface area contributed by atoms with Gasteiger partial charge < -0.3 is 15.4 Å². The van der Waals surface area contributed by atoms with Gasteiger partial charge in [0.2, 0.25) is 11.8 Å². The van der Waals surface area contributed by atoms with Crippen molar-refractivity contribution in [2.75, 3.05) is 11.4 Å². The van der Waals surface area contributed by atoms with E-state index in [-0.39, 0.29) is 17.1 Å². The highest BCUT2D eigenvalue weighted by molar-refractivity contribution is 6.05. The average Bonchev–Trinajstić information content (AvgIpc) is 2.90. The molecule has 0 amide bonds. The molecule has 0 aliphatic carbocycles. The molecule has 32 heavy (non-hydrogen) atoms. The number of hydrogen-bond acceptors (Lipinski definition) is 7. The van der Waals surface area contributed by atoms with E-state index < -0.39 is 10.8 Å². The normalized spacial score (nSPS) is 17.6. The lowest BCUT2D eigenvalue weighted by molar-refractivity contribution is -0.384. The van der Waals surface area contributed by atoms with Gasteiger partial charge in [0.1, 0.15) is 11.6 Å². The molecule has 0 fully saturated rings. The van der Waals surface area contributed by atoms with Gasteiger partial charge in [-0.25, -0.2) is 0 Å². The Labute approximate surface area is 186 Å². The fourth-order valence-corrected chi connectivity index (χ4v) is 4.11. The van der Waals surface area contributed by atoms with Crippen LogP contribution in [0.5, 0.6) is 0 Å². The van der Waals surface area contributed by atoms with Crippen LogP contribution < -0.4 is 10.6 Å². The van der Waals surface area contributed by atoms with Crippen molar-refractivity contribution in [3.8, 4) is 6.07 Å². The van der Waals surface area contributed by atoms with Gasteiger partial charge in [-0.1, -0.05) is 37.6 Å². The van der Waals surface area contributed by atoms with Crippen LogP contribution in [0.4, 0.5) is 17.1 Å². The minimum absolute atomic E-state index is 0.0197. The van der Waals surface area contributed by atoms with Crippen LogP contribution in [-0.2, 0) is 4.74 Å². The minimum Gasteiger partial charge on any atom is -0.424 e. The van der Waals surface area contributed by atoms with Gasteiger partial charge in [0.15, 0.2) is 0 Å². The molecule has 2 aromatic rings. The summed E-state index contributed by atoms with van der Waals surface area (Å²) in [5.74, 6) is 0.0273. The number of rotatable bonds is 5. The van der Waals surface area contributed by atoms with Crippen LogP contribution in [0, 0.1) is 21.4 Å². The third-order valence-corrected chi connectivity index (χ3v) is 5.67. The smallest absolute Gasteiger partial charge is 0.269 e. The Bertz CT molecular complexity index is 1200. The molecule has 0 saturated carbocycles. The van der Waals surface area contributed by atoms with Crippen molar-refractivity contribution in [1.29, 1.82) is 5.26 Å². The zero-order valence-corrected chi connectivity index (χ0v) is 17.9. The molecule has 0 radical (unpaired) electrons. The molecule has 2 heterocycles. The Morgan fingerprint density at radius 3 is 2.62 bits per heavy atom. The second kappa shape index (κ2) is 8.55. The van der Waals surface area contributed by atoms with Gasteiger partial charge in [-0.15, -0.1) is 0 Å². The molecule has 8 nitrogen and oxygen atoms in total. The van der Waals surface area contributed by atoms with Gasteiger partial charge in [0.05, 0.1) is 22.2 Å². The molecule has 2 aromatic carbocycles. The Balaban J connectivity index is 1.94. The SMILES string of the molecule is CCCCN1C2=C(C(C)=Nc3ccccc31)C(c1ccc([N+](=O)[O-])cc1)C(C#N)=C(N)O2. The van der Waals surface area contributed by atoms with Gasteiger partial charge in [0.25, 0.3) is 5.69 Å². The fraction of sp³-hybridized carbons (Fsp3) is 0.250. The first-order valence-corrected chi connectivity index (χ1v) is 10.4. The van der Waals surface area contributed by atoms with E-state index >= 15 is 0 Å². The molecule has 0 bridgehead atoms. The first-order valence-electron chi connectivity index (χ1n) is 10.4. The molecule has 1 unspecified atom stereocenters. The molecule has 0 aromatic heterocycles. The Hall–Kier alpha value is -4.12. The summed E-state index contributed by atoms with van der Waals surface area (Å²) in [6.07, 6.45) is 1.91. The largest absolute Gasteiger partial charge is 0.424 e. The van der Waals surface area contributed by atoms with Gasteiger partial charge in [-0.3, -0.25) is 15.1 Å². The van der Waals surface area contributed by atoms with Gasteiger partial charge in [-0.2, -0.15) is 5.26 Å². The van der Waals surface area contributed by atoms with Crippen LogP contribution in [-0.4, -0.2) is 17.2 Å². The number of benzene rings is 2. The van der Waals surface area contributed by atoms with Crippen LogP contribution in [0.15, 0.2) is 76.4 Å². The first-order chi connectivity index (χ1) is 15.5. The lowest BCUT2D eigenvalue weighted by Gasteiger charge is -2.34. The number of anilines is 1. The third-order valence-electron chi connectivity index (χ3n) is 5.67. The molecular formula is C24H23N5O3. The quantitative estimate of drug-likeness (QED) is 0.526. The number of nitro benzene ring substituents is 1. The zero-order valence-electron chi connectivity index (χ0n) is 17.9. The van der Waals surface area contributed by atoms with Crippen molar-refractivity contribution < 1.29 is 9.66 Å². The summed E-state index contributed by atoms with van der Waals surface area (Å²) in [5, 5.41) is 21.0. The van der Waals surface area contributed by atoms with Crippen LogP contribution in [0.1, 0.15) is 38.2 Å². The Kier molecular flexibility index (Phi) is 5.65. The highest BCUT2D eigenvalue weighted by Gasteiger charge is 2.38. The molecule has 2 aliphatic heterocycles. The third kappa shape index (κ3) is 3.58. The summed E-state index contributed by atoms with van der Waals surface area (Å²) in [6.45, 7) is 4.69. The summed E-state index contributed by atoms with van der Waals surface area (Å²) in [4.78, 5) is 17.6. The lowest BCUT2D eigenvalue weighted by atomic mass is 9.82. The molecular weight excluding hydrogens is 406 g/mol. The standard InChI is InChI=1S/C24H23N5O3/c1-3-4-13-28-20-8-6-5-7-19(20)27-15(2)21-22(18(14-25)23(26)32-24(21)28)16-9-11-17(12-10-16)29(30)31/h5-12,22H,3-4,13,26H2,1-2H3. The van der Waals surface area contributed by atoms with E-state index in [2.05, 4.69) is 17.9 Å². The number of ether oxygens (including phenoxy) is 1. The number of nitrogens with zero attached hydrogens (tertiary/aromatic N) is 4. The van der Waals surface area contributed by atoms with Crippen molar-refractivity contribution in [3.05, 3.63) is 87.1 Å². The summed E-state index contributed by atoms with van der Waals surface area (Å²) >= 11 is 0. The molecule has 4 rings (SSSR count). The predicted octanol–water partition coefficient (Wildman–Crippen LogP) is 5.03. The number of para-hydroxylation sites is 2. The first kappa shape index (κ1) is 21.1. The highest BCUT2D eigenvalue weighted by atomic mass is 16.6. The summed E-state index contributed by atoms with van der Waals surface area (Å²) in [6, 6.07) is 16.2. The predicted molar refractivity (Wildman–Crippen MR) is 122 cm³/mol. The van der Waals surface area contributed by atoms with E-state index in [9.17, 15) is 15.4 Å². The molecule has 2 aliphatic rings. The van der Waals surface area contributed by atoms with Gasteiger partial charge in [0, 0.05) is 30.0 Å². The van der Waals surface area contributed by atoms with Gasteiger partial charge >= 0.3 is 0 Å². The topological polar surface area (TPSA) is 118 Å². The molecule has 1 atom stereocenters. The number of nitrogens with two attached hydrogens (primary N) is 1. The number of nitro groups is 1. The van der Waals surface area contributed by atoms with E-state index in [1.54, 1.807) is 12.1 Å². The molecule has 0 saturated heterocycles. The number of nitriles is 1. The van der Waals surface area contributed by atoms with E-state index in [0.717, 1.165) is 29.8 Å². The number of unbranched alkanes of at least 4 members (excludes halogenated alkanes) is 1. The van der Waals surface area contributed by atoms with E-state index in [1.165, 1.54) is 12.1 Å². The van der Waals surface area contributed by atoms with E-state index in [4.69, 9.17) is 15.5 Å². The fourth-order valence-electron chi connectivity index (χ4n) is 4.11. The number of non-ortho nitro benzene ring substituents is 1. The Morgan fingerprint density at radius 2 is 1.97 bits per heavy atom. The monoisotopic (exact) mass is 429 g/mol. The highest BCUT2D eigenvalue weighted by Crippen LogP contribution is 2.45. The maximum Gasteiger partial charge on any atom is 0.269 e. The van der Waals surface area contributed by atoms with Gasteiger partial charge in [-0.05, 0) is 31.0 Å². The van der Waals surface area contributed by atoms with Crippen LogP contribution in [0.2, 0.25) is 0 Å². The van der Waals surface area contributed by atoms with Crippen molar-refractivity contribution in [2.24, 2.45) is 10.7 Å². The second-order valence-corrected chi connectivity index (χ2v) is 7.68.